The number of nitrogens with two attached hydrogens (primary N) is 1. The maximum Gasteiger partial charge on any atom is 0.218 e. The fraction of sp³-hybridized carbons (Fsp3) is 0.417. The second-order valence-corrected chi connectivity index (χ2v) is 4.20. The lowest BCUT2D eigenvalue weighted by molar-refractivity contribution is -0.118. The van der Waals surface area contributed by atoms with Crippen LogP contribution in [0.25, 0.3) is 0 Å². The number of primary amides is 1. The molecule has 0 fully saturated rings. The van der Waals surface area contributed by atoms with Gasteiger partial charge in [-0.25, -0.2) is 0 Å². The molecule has 0 bridgehead atoms. The highest BCUT2D eigenvalue weighted by molar-refractivity contribution is 5.74. The van der Waals surface area contributed by atoms with Gasteiger partial charge in [-0.05, 0) is 19.9 Å². The van der Waals surface area contributed by atoms with Gasteiger partial charge in [0.15, 0.2) is 0 Å². The van der Waals surface area contributed by atoms with Crippen LogP contribution in [-0.4, -0.2) is 22.2 Å². The van der Waals surface area contributed by atoms with Crippen molar-refractivity contribution in [2.45, 2.75) is 32.4 Å². The lowest BCUT2D eigenvalue weighted by atomic mass is 10.1. The zero-order valence-electron chi connectivity index (χ0n) is 9.97. The van der Waals surface area contributed by atoms with Crippen molar-refractivity contribution >= 4 is 5.91 Å². The summed E-state index contributed by atoms with van der Waals surface area (Å²) in [6, 6.07) is 4.22. The molecule has 0 aromatic heterocycles. The third-order valence-corrected chi connectivity index (χ3v) is 2.52. The summed E-state index contributed by atoms with van der Waals surface area (Å²) < 4.78 is 0. The van der Waals surface area contributed by atoms with Crippen molar-refractivity contribution in [3.63, 3.8) is 0 Å². The Morgan fingerprint density at radius 2 is 2.06 bits per heavy atom. The van der Waals surface area contributed by atoms with E-state index in [2.05, 4.69) is 5.32 Å². The van der Waals surface area contributed by atoms with E-state index in [1.807, 2.05) is 13.8 Å². The van der Waals surface area contributed by atoms with Crippen LogP contribution in [0.5, 0.6) is 11.5 Å². The maximum atomic E-state index is 10.7. The number of amides is 1. The van der Waals surface area contributed by atoms with E-state index in [-0.39, 0.29) is 35.9 Å². The molecular weight excluding hydrogens is 220 g/mol. The van der Waals surface area contributed by atoms with Crippen molar-refractivity contribution in [3.8, 4) is 11.5 Å². The summed E-state index contributed by atoms with van der Waals surface area (Å²) in [5.74, 6) is -0.327. The van der Waals surface area contributed by atoms with E-state index in [1.165, 1.54) is 12.1 Å². The van der Waals surface area contributed by atoms with Gasteiger partial charge in [-0.15, -0.1) is 0 Å². The first-order valence-corrected chi connectivity index (χ1v) is 5.46. The van der Waals surface area contributed by atoms with Gasteiger partial charge in [-0.1, -0.05) is 6.07 Å². The Morgan fingerprint density at radius 3 is 2.59 bits per heavy atom. The Balaban J connectivity index is 2.69. The first-order chi connectivity index (χ1) is 7.90. The van der Waals surface area contributed by atoms with E-state index in [1.54, 1.807) is 6.07 Å². The second-order valence-electron chi connectivity index (χ2n) is 4.20. The van der Waals surface area contributed by atoms with Crippen LogP contribution in [0.1, 0.15) is 31.9 Å². The number of carbonyl (C=O) groups excluding carboxylic acids is 1. The molecule has 1 amide bonds. The van der Waals surface area contributed by atoms with Crippen molar-refractivity contribution in [1.29, 1.82) is 0 Å². The van der Waals surface area contributed by atoms with Crippen LogP contribution in [0, 0.1) is 0 Å². The summed E-state index contributed by atoms with van der Waals surface area (Å²) in [6.45, 7) is 3.71. The lowest BCUT2D eigenvalue weighted by Gasteiger charge is -2.20. The van der Waals surface area contributed by atoms with Gasteiger partial charge in [0.25, 0.3) is 0 Å². The van der Waals surface area contributed by atoms with Crippen LogP contribution < -0.4 is 11.1 Å². The molecule has 0 saturated carbocycles. The van der Waals surface area contributed by atoms with Crippen LogP contribution in [-0.2, 0) is 4.79 Å². The number of aromatic hydroxyl groups is 2. The first kappa shape index (κ1) is 13.3. The second kappa shape index (κ2) is 5.54. The molecule has 1 rings (SSSR count). The molecule has 0 heterocycles. The molecule has 2 unspecified atom stereocenters. The van der Waals surface area contributed by atoms with E-state index in [0.29, 0.717) is 5.56 Å². The molecule has 0 aliphatic heterocycles. The third-order valence-electron chi connectivity index (χ3n) is 2.52. The largest absolute Gasteiger partial charge is 0.508 e. The van der Waals surface area contributed by atoms with Gasteiger partial charge in [0.2, 0.25) is 5.91 Å². The molecule has 1 aromatic carbocycles. The van der Waals surface area contributed by atoms with Gasteiger partial charge in [0.1, 0.15) is 11.5 Å². The quantitative estimate of drug-likeness (QED) is 0.615. The van der Waals surface area contributed by atoms with Crippen LogP contribution in [0.4, 0.5) is 0 Å². The Labute approximate surface area is 100 Å². The van der Waals surface area contributed by atoms with Crippen LogP contribution in [0.15, 0.2) is 18.2 Å². The average molecular weight is 238 g/mol. The van der Waals surface area contributed by atoms with Crippen molar-refractivity contribution in [2.75, 3.05) is 0 Å². The molecular formula is C12H18N2O3. The molecule has 94 valence electrons. The smallest absolute Gasteiger partial charge is 0.218 e. The van der Waals surface area contributed by atoms with Crippen molar-refractivity contribution in [1.82, 2.24) is 5.32 Å². The van der Waals surface area contributed by atoms with Gasteiger partial charge in [-0.3, -0.25) is 4.79 Å². The highest BCUT2D eigenvalue weighted by atomic mass is 16.3. The first-order valence-electron chi connectivity index (χ1n) is 5.46. The van der Waals surface area contributed by atoms with Gasteiger partial charge in [0.05, 0.1) is 0 Å². The van der Waals surface area contributed by atoms with Gasteiger partial charge >= 0.3 is 0 Å². The molecule has 2 atom stereocenters. The van der Waals surface area contributed by atoms with Crippen molar-refractivity contribution in [2.24, 2.45) is 5.73 Å². The molecule has 0 aliphatic carbocycles. The van der Waals surface area contributed by atoms with E-state index in [0.717, 1.165) is 0 Å². The summed E-state index contributed by atoms with van der Waals surface area (Å²) in [6.07, 6.45) is 0.239. The van der Waals surface area contributed by atoms with Gasteiger partial charge < -0.3 is 21.3 Å². The average Bonchev–Trinajstić information content (AvgIpc) is 2.15. The minimum Gasteiger partial charge on any atom is -0.508 e. The molecule has 0 saturated heterocycles. The Hall–Kier alpha value is -1.75. The summed E-state index contributed by atoms with van der Waals surface area (Å²) >= 11 is 0. The number of hydrogen-bond donors (Lipinski definition) is 4. The molecule has 5 nitrogen and oxygen atoms in total. The minimum absolute atomic E-state index is 0.0173. The van der Waals surface area contributed by atoms with Gasteiger partial charge in [0, 0.05) is 30.1 Å². The number of hydrogen-bond acceptors (Lipinski definition) is 4. The number of nitrogens with one attached hydrogen (secondary N) is 1. The lowest BCUT2D eigenvalue weighted by Crippen LogP contribution is -2.32. The SMILES string of the molecule is CC(CC(N)=O)NC(C)c1ccc(O)cc1O. The molecule has 17 heavy (non-hydrogen) atoms. The summed E-state index contributed by atoms with van der Waals surface area (Å²) in [5.41, 5.74) is 5.76. The maximum absolute atomic E-state index is 10.7. The number of rotatable bonds is 5. The number of benzene rings is 1. The fourth-order valence-electron chi connectivity index (χ4n) is 1.78. The Morgan fingerprint density at radius 1 is 1.41 bits per heavy atom. The third kappa shape index (κ3) is 3.96. The van der Waals surface area contributed by atoms with Gasteiger partial charge in [-0.2, -0.15) is 0 Å². The molecule has 0 aliphatic rings. The Kier molecular flexibility index (Phi) is 4.34. The topological polar surface area (TPSA) is 95.6 Å². The summed E-state index contributed by atoms with van der Waals surface area (Å²) in [5, 5.41) is 22.0. The van der Waals surface area contributed by atoms with Crippen molar-refractivity contribution < 1.29 is 15.0 Å². The highest BCUT2D eigenvalue weighted by Crippen LogP contribution is 2.27. The monoisotopic (exact) mass is 238 g/mol. The zero-order valence-corrected chi connectivity index (χ0v) is 9.97. The number of phenols is 2. The summed E-state index contributed by atoms with van der Waals surface area (Å²) in [4.78, 5) is 10.7. The predicted octanol–water partition coefficient (Wildman–Crippen LogP) is 1.01. The molecule has 5 N–H and O–H groups in total. The molecule has 0 spiro atoms. The van der Waals surface area contributed by atoms with E-state index >= 15 is 0 Å². The highest BCUT2D eigenvalue weighted by Gasteiger charge is 2.14. The Bertz CT molecular complexity index is 407. The summed E-state index contributed by atoms with van der Waals surface area (Å²) in [7, 11) is 0. The molecule has 5 heteroatoms. The number of carbonyl (C=O) groups is 1. The zero-order chi connectivity index (χ0) is 13.0. The number of phenolic OH excluding ortho intramolecular Hbond substituents is 2. The standard InChI is InChI=1S/C12H18N2O3/c1-7(5-12(13)17)14-8(2)10-4-3-9(15)6-11(10)16/h3-4,6-8,14-16H,5H2,1-2H3,(H2,13,17). The molecule has 1 aromatic rings. The normalized spacial score (nSPS) is 14.2. The predicted molar refractivity (Wildman–Crippen MR) is 64.6 cm³/mol. The van der Waals surface area contributed by atoms with Crippen LogP contribution in [0.3, 0.4) is 0 Å². The van der Waals surface area contributed by atoms with E-state index in [4.69, 9.17) is 5.73 Å². The van der Waals surface area contributed by atoms with E-state index < -0.39 is 0 Å². The molecule has 0 radical (unpaired) electrons. The van der Waals surface area contributed by atoms with Crippen LogP contribution in [0.2, 0.25) is 0 Å². The van der Waals surface area contributed by atoms with Crippen molar-refractivity contribution in [3.05, 3.63) is 23.8 Å². The van der Waals surface area contributed by atoms with Crippen LogP contribution >= 0.6 is 0 Å². The van der Waals surface area contributed by atoms with E-state index in [9.17, 15) is 15.0 Å². The minimum atomic E-state index is -0.368. The fourth-order valence-corrected chi connectivity index (χ4v) is 1.78.